The Hall–Kier alpha value is -0.400. The molecule has 5 heteroatoms. The Morgan fingerprint density at radius 1 is 1.79 bits per heavy atom. The van der Waals surface area contributed by atoms with Gasteiger partial charge in [-0.2, -0.15) is 0 Å². The van der Waals surface area contributed by atoms with Crippen LogP contribution in [-0.2, 0) is 11.3 Å². The summed E-state index contributed by atoms with van der Waals surface area (Å²) in [6.45, 7) is -0.182. The van der Waals surface area contributed by atoms with Gasteiger partial charge in [0.25, 0.3) is 0 Å². The number of aliphatic hydroxyl groups excluding tert-OH is 1. The summed E-state index contributed by atoms with van der Waals surface area (Å²) in [7, 11) is 1.62. The fourth-order valence-electron chi connectivity index (χ4n) is 1.06. The number of aliphatic hydroxyl groups is 1. The van der Waals surface area contributed by atoms with Crippen molar-refractivity contribution in [3.63, 3.8) is 0 Å². The predicted molar refractivity (Wildman–Crippen MR) is 60.0 cm³/mol. The number of nitrogens with zero attached hydrogens (tertiary/aromatic N) is 1. The van der Waals surface area contributed by atoms with E-state index in [1.165, 1.54) is 6.26 Å². The van der Waals surface area contributed by atoms with Crippen LogP contribution in [0.25, 0.3) is 0 Å². The highest BCUT2D eigenvalue weighted by molar-refractivity contribution is 14.1. The molecule has 1 aromatic heterocycles. The number of ether oxygens (including phenoxy) is 1. The second-order valence-corrected chi connectivity index (χ2v) is 3.37. The smallest absolute Gasteiger partial charge is 0.220 e. The van der Waals surface area contributed by atoms with Crippen LogP contribution in [0.3, 0.4) is 0 Å². The Morgan fingerprint density at radius 2 is 2.57 bits per heavy atom. The molecule has 1 rings (SSSR count). The first-order valence-electron chi connectivity index (χ1n) is 4.15. The van der Waals surface area contributed by atoms with Crippen molar-refractivity contribution >= 4 is 22.6 Å². The summed E-state index contributed by atoms with van der Waals surface area (Å²) in [5.74, 6) is 0.320. The van der Waals surface area contributed by atoms with Gasteiger partial charge >= 0.3 is 0 Å². The van der Waals surface area contributed by atoms with E-state index in [2.05, 4.69) is 27.6 Å². The van der Waals surface area contributed by atoms with Gasteiger partial charge in [-0.05, 0) is 10.5 Å². The Balaban J connectivity index is 2.68. The summed E-state index contributed by atoms with van der Waals surface area (Å²) >= 11 is 2.15. The van der Waals surface area contributed by atoms with Crippen LogP contribution in [-0.4, -0.2) is 17.2 Å². The van der Waals surface area contributed by atoms with E-state index in [1.54, 1.807) is 7.11 Å². The van der Waals surface area contributed by atoms with Crippen LogP contribution in [0.15, 0.2) is 20.8 Å². The summed E-state index contributed by atoms with van der Waals surface area (Å²) in [5.41, 5.74) is 0.714. The van der Waals surface area contributed by atoms with Gasteiger partial charge in [0, 0.05) is 7.11 Å². The average Bonchev–Trinajstić information content (AvgIpc) is 2.68. The second-order valence-electron chi connectivity index (χ2n) is 2.65. The average molecular weight is 309 g/mol. The van der Waals surface area contributed by atoms with Crippen LogP contribution in [0, 0.1) is 0 Å². The molecule has 0 aliphatic carbocycles. The molecular weight excluding hydrogens is 297 g/mol. The third-order valence-electron chi connectivity index (χ3n) is 1.76. The van der Waals surface area contributed by atoms with Crippen LogP contribution >= 0.6 is 22.6 Å². The molecule has 1 aromatic rings. The molecule has 0 amide bonds. The lowest BCUT2D eigenvalue weighted by atomic mass is 10.2. The summed E-state index contributed by atoms with van der Waals surface area (Å²) in [4.78, 5) is 4.07. The Bertz CT molecular complexity index is 298. The molecule has 0 spiro atoms. The minimum atomic E-state index is -0.182. The Kier molecular flexibility index (Phi) is 5.13. The minimum Gasteiger partial charge on any atom is -0.446 e. The van der Waals surface area contributed by atoms with Crippen molar-refractivity contribution in [2.24, 2.45) is 0 Å². The molecule has 0 aliphatic rings. The summed E-state index contributed by atoms with van der Waals surface area (Å²) in [6.07, 6.45) is 4.14. The van der Waals surface area contributed by atoms with E-state index >= 15 is 0 Å². The fraction of sp³-hybridized carbons (Fsp3) is 0.444. The van der Waals surface area contributed by atoms with Gasteiger partial charge in [0.15, 0.2) is 0 Å². The van der Waals surface area contributed by atoms with Gasteiger partial charge in [-0.1, -0.05) is 28.7 Å². The van der Waals surface area contributed by atoms with Gasteiger partial charge in [-0.15, -0.1) is 0 Å². The van der Waals surface area contributed by atoms with E-state index in [-0.39, 0.29) is 12.7 Å². The molecule has 0 radical (unpaired) electrons. The van der Waals surface area contributed by atoms with Gasteiger partial charge in [-0.25, -0.2) is 4.98 Å². The van der Waals surface area contributed by atoms with E-state index in [4.69, 9.17) is 14.3 Å². The van der Waals surface area contributed by atoms with Crippen LogP contribution in [0.2, 0.25) is 0 Å². The van der Waals surface area contributed by atoms with Crippen LogP contribution < -0.4 is 0 Å². The third-order valence-corrected chi connectivity index (χ3v) is 2.27. The maximum atomic E-state index is 8.77. The summed E-state index contributed by atoms with van der Waals surface area (Å²) in [5, 5.41) is 8.77. The van der Waals surface area contributed by atoms with Crippen molar-refractivity contribution in [2.75, 3.05) is 7.11 Å². The number of rotatable bonds is 5. The van der Waals surface area contributed by atoms with Crippen molar-refractivity contribution in [2.45, 2.75) is 19.1 Å². The van der Waals surface area contributed by atoms with Crippen molar-refractivity contribution in [3.8, 4) is 0 Å². The van der Waals surface area contributed by atoms with Crippen molar-refractivity contribution in [3.05, 3.63) is 28.0 Å². The molecule has 0 aromatic carbocycles. The highest BCUT2D eigenvalue weighted by atomic mass is 127. The zero-order valence-electron chi connectivity index (χ0n) is 7.81. The van der Waals surface area contributed by atoms with Crippen molar-refractivity contribution in [1.82, 2.24) is 4.98 Å². The lowest BCUT2D eigenvalue weighted by Gasteiger charge is -2.08. The van der Waals surface area contributed by atoms with Crippen LogP contribution in [0.5, 0.6) is 0 Å². The topological polar surface area (TPSA) is 55.5 Å². The van der Waals surface area contributed by atoms with Crippen LogP contribution in [0.1, 0.15) is 24.1 Å². The lowest BCUT2D eigenvalue weighted by Crippen LogP contribution is -2.00. The first kappa shape index (κ1) is 11.7. The molecule has 0 fully saturated rings. The fourth-order valence-corrected chi connectivity index (χ4v) is 1.35. The second kappa shape index (κ2) is 6.15. The number of halogens is 1. The first-order valence-corrected chi connectivity index (χ1v) is 5.39. The van der Waals surface area contributed by atoms with Gasteiger partial charge in [0.2, 0.25) is 5.89 Å². The maximum absolute atomic E-state index is 8.77. The molecule has 0 saturated carbocycles. The molecule has 0 aliphatic heterocycles. The highest BCUT2D eigenvalue weighted by Gasteiger charge is 2.13. The summed E-state index contributed by atoms with van der Waals surface area (Å²) in [6, 6.07) is 0. The van der Waals surface area contributed by atoms with Crippen LogP contribution in [0.4, 0.5) is 0 Å². The molecule has 78 valence electrons. The molecule has 0 unspecified atom stereocenters. The standard InChI is InChI=1S/C9H12INO3/c1-13-8(3-2-4-10)7-6-14-9(5-12)11-7/h2,4,6,8,12H,3,5H2,1H3/b4-2+/t8-/m0/s1. The number of methoxy groups -OCH3 is 1. The Labute approximate surface area is 96.1 Å². The zero-order chi connectivity index (χ0) is 10.4. The molecule has 14 heavy (non-hydrogen) atoms. The molecule has 1 N–H and O–H groups in total. The molecule has 1 heterocycles. The quantitative estimate of drug-likeness (QED) is 0.847. The molecule has 0 saturated heterocycles. The van der Waals surface area contributed by atoms with E-state index in [9.17, 15) is 0 Å². The predicted octanol–water partition coefficient (Wildman–Crippen LogP) is 2.19. The monoisotopic (exact) mass is 309 g/mol. The molecule has 0 bridgehead atoms. The van der Waals surface area contributed by atoms with E-state index in [0.717, 1.165) is 6.42 Å². The van der Waals surface area contributed by atoms with Gasteiger partial charge in [-0.3, -0.25) is 0 Å². The molecule has 1 atom stereocenters. The van der Waals surface area contributed by atoms with E-state index in [0.29, 0.717) is 11.6 Å². The number of oxazole rings is 1. The zero-order valence-corrected chi connectivity index (χ0v) is 9.97. The first-order chi connectivity index (χ1) is 6.81. The third kappa shape index (κ3) is 3.07. The minimum absolute atomic E-state index is 0.106. The SMILES string of the molecule is CO[C@@H](C/C=C/I)c1coc(CO)n1. The van der Waals surface area contributed by atoms with E-state index in [1.807, 2.05) is 10.2 Å². The normalized spacial score (nSPS) is 13.6. The van der Waals surface area contributed by atoms with Gasteiger partial charge < -0.3 is 14.3 Å². The molecular formula is C9H12INO3. The maximum Gasteiger partial charge on any atom is 0.220 e. The summed E-state index contributed by atoms with van der Waals surface area (Å²) < 4.78 is 12.2. The number of aromatic nitrogens is 1. The number of hydrogen-bond donors (Lipinski definition) is 1. The largest absolute Gasteiger partial charge is 0.446 e. The van der Waals surface area contributed by atoms with Crippen molar-refractivity contribution < 1.29 is 14.3 Å². The lowest BCUT2D eigenvalue weighted by molar-refractivity contribution is 0.102. The van der Waals surface area contributed by atoms with Gasteiger partial charge in [0.1, 0.15) is 24.7 Å². The van der Waals surface area contributed by atoms with Gasteiger partial charge in [0.05, 0.1) is 0 Å². The Morgan fingerprint density at radius 3 is 3.07 bits per heavy atom. The molecule has 4 nitrogen and oxygen atoms in total. The highest BCUT2D eigenvalue weighted by Crippen LogP contribution is 2.20. The van der Waals surface area contributed by atoms with Crippen molar-refractivity contribution in [1.29, 1.82) is 0 Å². The van der Waals surface area contributed by atoms with E-state index < -0.39 is 0 Å². The number of hydrogen-bond acceptors (Lipinski definition) is 4.